The quantitative estimate of drug-likeness (QED) is 0.534. The van der Waals surface area contributed by atoms with Crippen LogP contribution < -0.4 is 10.1 Å². The molecule has 25 heavy (non-hydrogen) atoms. The lowest BCUT2D eigenvalue weighted by Gasteiger charge is -2.16. The molecule has 2 aromatic rings. The van der Waals surface area contributed by atoms with Gasteiger partial charge < -0.3 is 19.9 Å². The Morgan fingerprint density at radius 3 is 2.56 bits per heavy atom. The number of nitrogens with zero attached hydrogens (tertiary/aromatic N) is 1. The lowest BCUT2D eigenvalue weighted by molar-refractivity contribution is -0.384. The van der Waals surface area contributed by atoms with E-state index in [1.54, 1.807) is 37.4 Å². The van der Waals surface area contributed by atoms with E-state index in [4.69, 9.17) is 9.47 Å². The molecule has 2 aromatic carbocycles. The lowest BCUT2D eigenvalue weighted by atomic mass is 10.1. The normalized spacial score (nSPS) is 11.8. The summed E-state index contributed by atoms with van der Waals surface area (Å²) in [4.78, 5) is 10.5. The number of aliphatic hydroxyl groups is 1. The van der Waals surface area contributed by atoms with Crippen LogP contribution in [0.1, 0.15) is 24.2 Å². The van der Waals surface area contributed by atoms with Gasteiger partial charge in [-0.25, -0.2) is 0 Å². The van der Waals surface area contributed by atoms with Crippen LogP contribution in [0.25, 0.3) is 0 Å². The highest BCUT2D eigenvalue weighted by Gasteiger charge is 2.13. The molecule has 0 heterocycles. The second-order valence-electron chi connectivity index (χ2n) is 5.41. The van der Waals surface area contributed by atoms with Crippen molar-refractivity contribution in [2.75, 3.05) is 25.6 Å². The Labute approximate surface area is 146 Å². The van der Waals surface area contributed by atoms with Crippen molar-refractivity contribution in [1.29, 1.82) is 0 Å². The zero-order valence-electron chi connectivity index (χ0n) is 14.3. The van der Waals surface area contributed by atoms with Gasteiger partial charge in [-0.3, -0.25) is 10.1 Å². The molecule has 0 amide bonds. The number of benzene rings is 2. The van der Waals surface area contributed by atoms with E-state index in [0.717, 1.165) is 11.3 Å². The van der Waals surface area contributed by atoms with Gasteiger partial charge >= 0.3 is 0 Å². The Kier molecular flexibility index (Phi) is 6.73. The largest absolute Gasteiger partial charge is 0.497 e. The molecule has 1 atom stereocenters. The van der Waals surface area contributed by atoms with Crippen molar-refractivity contribution in [1.82, 2.24) is 0 Å². The Morgan fingerprint density at radius 2 is 1.96 bits per heavy atom. The Hall–Kier alpha value is -2.64. The van der Waals surface area contributed by atoms with Crippen LogP contribution in [-0.2, 0) is 11.3 Å². The highest BCUT2D eigenvalue weighted by Crippen LogP contribution is 2.24. The van der Waals surface area contributed by atoms with E-state index in [0.29, 0.717) is 17.9 Å². The minimum absolute atomic E-state index is 0.0101. The molecule has 0 aliphatic heterocycles. The SMILES string of the molecule is CCOCc1cc([N+](=O)[O-])ccc1NC[C@@H](O)c1ccc(OC)cc1. The maximum atomic E-state index is 10.9. The van der Waals surface area contributed by atoms with E-state index in [9.17, 15) is 15.2 Å². The van der Waals surface area contributed by atoms with Gasteiger partial charge in [0.05, 0.1) is 24.7 Å². The highest BCUT2D eigenvalue weighted by atomic mass is 16.6. The number of nitrogens with one attached hydrogen (secondary N) is 1. The molecule has 0 unspecified atom stereocenters. The van der Waals surface area contributed by atoms with E-state index >= 15 is 0 Å². The number of rotatable bonds is 9. The van der Waals surface area contributed by atoms with Crippen molar-refractivity contribution >= 4 is 11.4 Å². The van der Waals surface area contributed by atoms with Crippen LogP contribution in [0, 0.1) is 10.1 Å². The van der Waals surface area contributed by atoms with E-state index in [2.05, 4.69) is 5.32 Å². The maximum absolute atomic E-state index is 10.9. The third-order valence-corrected chi connectivity index (χ3v) is 3.75. The van der Waals surface area contributed by atoms with Gasteiger partial charge in [-0.2, -0.15) is 0 Å². The minimum Gasteiger partial charge on any atom is -0.497 e. The molecule has 0 aliphatic rings. The fraction of sp³-hybridized carbons (Fsp3) is 0.333. The van der Waals surface area contributed by atoms with Crippen molar-refractivity contribution in [3.8, 4) is 5.75 Å². The van der Waals surface area contributed by atoms with Crippen molar-refractivity contribution in [3.63, 3.8) is 0 Å². The molecule has 0 fully saturated rings. The predicted molar refractivity (Wildman–Crippen MR) is 94.9 cm³/mol. The van der Waals surface area contributed by atoms with Gasteiger partial charge in [-0.15, -0.1) is 0 Å². The van der Waals surface area contributed by atoms with E-state index in [1.807, 2.05) is 6.92 Å². The van der Waals surface area contributed by atoms with E-state index in [-0.39, 0.29) is 18.8 Å². The van der Waals surface area contributed by atoms with Gasteiger partial charge in [-0.05, 0) is 30.7 Å². The van der Waals surface area contributed by atoms with Gasteiger partial charge in [-0.1, -0.05) is 12.1 Å². The summed E-state index contributed by atoms with van der Waals surface area (Å²) in [6.45, 7) is 2.90. The Morgan fingerprint density at radius 1 is 1.24 bits per heavy atom. The molecule has 0 aliphatic carbocycles. The van der Waals surface area contributed by atoms with Crippen LogP contribution in [0.2, 0.25) is 0 Å². The average Bonchev–Trinajstić information content (AvgIpc) is 2.64. The molecular weight excluding hydrogens is 324 g/mol. The van der Waals surface area contributed by atoms with Crippen molar-refractivity contribution in [2.24, 2.45) is 0 Å². The number of aliphatic hydroxyl groups excluding tert-OH is 1. The van der Waals surface area contributed by atoms with Gasteiger partial charge in [0.2, 0.25) is 0 Å². The molecule has 2 N–H and O–H groups in total. The second-order valence-corrected chi connectivity index (χ2v) is 5.41. The standard InChI is InChI=1S/C18H22N2O5/c1-3-25-12-14-10-15(20(22)23)6-9-17(14)19-11-18(21)13-4-7-16(24-2)8-5-13/h4-10,18-19,21H,3,11-12H2,1-2H3/t18-/m1/s1. The number of methoxy groups -OCH3 is 1. The number of nitro groups is 1. The number of hydrogen-bond donors (Lipinski definition) is 2. The highest BCUT2D eigenvalue weighted by molar-refractivity contribution is 5.56. The third kappa shape index (κ3) is 5.17. The number of hydrogen-bond acceptors (Lipinski definition) is 6. The summed E-state index contributed by atoms with van der Waals surface area (Å²) in [6.07, 6.45) is -0.721. The summed E-state index contributed by atoms with van der Waals surface area (Å²) in [5.41, 5.74) is 2.14. The van der Waals surface area contributed by atoms with Crippen molar-refractivity contribution in [2.45, 2.75) is 19.6 Å². The van der Waals surface area contributed by atoms with Crippen LogP contribution >= 0.6 is 0 Å². The summed E-state index contributed by atoms with van der Waals surface area (Å²) >= 11 is 0. The molecule has 2 rings (SSSR count). The van der Waals surface area contributed by atoms with Gasteiger partial charge in [0, 0.05) is 36.5 Å². The molecule has 7 nitrogen and oxygen atoms in total. The molecule has 0 saturated heterocycles. The zero-order chi connectivity index (χ0) is 18.2. The lowest BCUT2D eigenvalue weighted by Crippen LogP contribution is -2.13. The summed E-state index contributed by atoms with van der Waals surface area (Å²) in [6, 6.07) is 11.7. The van der Waals surface area contributed by atoms with Crippen LogP contribution in [0.4, 0.5) is 11.4 Å². The third-order valence-electron chi connectivity index (χ3n) is 3.75. The number of nitro benzene ring substituents is 1. The average molecular weight is 346 g/mol. The van der Waals surface area contributed by atoms with Crippen LogP contribution in [0.5, 0.6) is 5.75 Å². The summed E-state index contributed by atoms with van der Waals surface area (Å²) in [5.74, 6) is 0.721. The molecule has 7 heteroatoms. The first-order valence-corrected chi connectivity index (χ1v) is 7.96. The summed E-state index contributed by atoms with van der Waals surface area (Å²) in [7, 11) is 1.58. The summed E-state index contributed by atoms with van der Waals surface area (Å²) < 4.78 is 10.5. The predicted octanol–water partition coefficient (Wildman–Crippen LogP) is 3.29. The first-order chi connectivity index (χ1) is 12.0. The molecule has 0 saturated carbocycles. The van der Waals surface area contributed by atoms with Crippen molar-refractivity contribution < 1.29 is 19.5 Å². The van der Waals surface area contributed by atoms with Gasteiger partial charge in [0.25, 0.3) is 5.69 Å². The van der Waals surface area contributed by atoms with Gasteiger partial charge in [0.1, 0.15) is 5.75 Å². The van der Waals surface area contributed by atoms with Crippen molar-refractivity contribution in [3.05, 3.63) is 63.7 Å². The second kappa shape index (κ2) is 9.00. The van der Waals surface area contributed by atoms with E-state index < -0.39 is 11.0 Å². The molecule has 134 valence electrons. The van der Waals surface area contributed by atoms with Crippen LogP contribution in [0.15, 0.2) is 42.5 Å². The van der Waals surface area contributed by atoms with Gasteiger partial charge in [0.15, 0.2) is 0 Å². The molecular formula is C18H22N2O5. The monoisotopic (exact) mass is 346 g/mol. The number of anilines is 1. The smallest absolute Gasteiger partial charge is 0.269 e. The topological polar surface area (TPSA) is 93.9 Å². The first-order valence-electron chi connectivity index (χ1n) is 7.96. The maximum Gasteiger partial charge on any atom is 0.269 e. The molecule has 0 spiro atoms. The fourth-order valence-electron chi connectivity index (χ4n) is 2.35. The van der Waals surface area contributed by atoms with Crippen LogP contribution in [0.3, 0.4) is 0 Å². The fourth-order valence-corrected chi connectivity index (χ4v) is 2.35. The zero-order valence-corrected chi connectivity index (χ0v) is 14.3. The Balaban J connectivity index is 2.08. The Bertz CT molecular complexity index is 703. The molecule has 0 bridgehead atoms. The molecule has 0 radical (unpaired) electrons. The number of non-ortho nitro benzene ring substituents is 1. The minimum atomic E-state index is -0.721. The number of ether oxygens (including phenoxy) is 2. The van der Waals surface area contributed by atoms with E-state index in [1.165, 1.54) is 12.1 Å². The first kappa shape index (κ1) is 18.7. The summed E-state index contributed by atoms with van der Waals surface area (Å²) in [5, 5.41) is 24.4. The molecule has 0 aromatic heterocycles. The van der Waals surface area contributed by atoms with Crippen LogP contribution in [-0.4, -0.2) is 30.3 Å².